The Labute approximate surface area is 96.6 Å². The minimum absolute atomic E-state index is 0.946. The van der Waals surface area contributed by atoms with Crippen LogP contribution in [0.2, 0.25) is 0 Å². The van der Waals surface area contributed by atoms with Crippen molar-refractivity contribution in [2.45, 2.75) is 6.42 Å². The lowest BCUT2D eigenvalue weighted by atomic mass is 10.1. The SMILES string of the molecule is CN(C)c1ccc(Cc2cccnc2)cc1. The minimum atomic E-state index is 0.946. The van der Waals surface area contributed by atoms with E-state index in [1.54, 1.807) is 6.20 Å². The third kappa shape index (κ3) is 2.60. The summed E-state index contributed by atoms with van der Waals surface area (Å²) in [6.45, 7) is 0. The monoisotopic (exact) mass is 212 g/mol. The molecule has 2 heteroatoms. The number of hydrogen-bond acceptors (Lipinski definition) is 2. The van der Waals surface area contributed by atoms with Crippen molar-refractivity contribution in [3.05, 3.63) is 59.9 Å². The van der Waals surface area contributed by atoms with Gasteiger partial charge in [-0.15, -0.1) is 0 Å². The molecule has 2 nitrogen and oxygen atoms in total. The van der Waals surface area contributed by atoms with Gasteiger partial charge in [0.25, 0.3) is 0 Å². The summed E-state index contributed by atoms with van der Waals surface area (Å²) < 4.78 is 0. The Morgan fingerprint density at radius 3 is 2.31 bits per heavy atom. The number of hydrogen-bond donors (Lipinski definition) is 0. The summed E-state index contributed by atoms with van der Waals surface area (Å²) in [6, 6.07) is 12.7. The number of aromatic nitrogens is 1. The van der Waals surface area contributed by atoms with Crippen LogP contribution in [0.15, 0.2) is 48.8 Å². The van der Waals surface area contributed by atoms with E-state index in [2.05, 4.69) is 54.3 Å². The van der Waals surface area contributed by atoms with Gasteiger partial charge in [-0.3, -0.25) is 4.98 Å². The third-order valence-corrected chi connectivity index (χ3v) is 2.58. The molecule has 0 amide bonds. The largest absolute Gasteiger partial charge is 0.378 e. The first-order chi connectivity index (χ1) is 7.75. The van der Waals surface area contributed by atoms with Gasteiger partial charge in [-0.2, -0.15) is 0 Å². The van der Waals surface area contributed by atoms with Crippen LogP contribution in [0.1, 0.15) is 11.1 Å². The van der Waals surface area contributed by atoms with Crippen LogP contribution in [0.4, 0.5) is 5.69 Å². The number of nitrogens with zero attached hydrogens (tertiary/aromatic N) is 2. The van der Waals surface area contributed by atoms with Gasteiger partial charge >= 0.3 is 0 Å². The van der Waals surface area contributed by atoms with Gasteiger partial charge in [0.05, 0.1) is 0 Å². The minimum Gasteiger partial charge on any atom is -0.378 e. The molecule has 0 bridgehead atoms. The molecule has 0 aliphatic heterocycles. The second-order valence-corrected chi connectivity index (χ2v) is 4.10. The number of rotatable bonds is 3. The Balaban J connectivity index is 2.11. The smallest absolute Gasteiger partial charge is 0.0361 e. The number of anilines is 1. The van der Waals surface area contributed by atoms with E-state index >= 15 is 0 Å². The van der Waals surface area contributed by atoms with E-state index in [0.29, 0.717) is 0 Å². The summed E-state index contributed by atoms with van der Waals surface area (Å²) >= 11 is 0. The summed E-state index contributed by atoms with van der Waals surface area (Å²) in [4.78, 5) is 6.22. The van der Waals surface area contributed by atoms with E-state index in [4.69, 9.17) is 0 Å². The predicted octanol–water partition coefficient (Wildman–Crippen LogP) is 2.74. The molecule has 0 aliphatic rings. The summed E-state index contributed by atoms with van der Waals surface area (Å²) in [5.74, 6) is 0. The molecule has 0 atom stereocenters. The topological polar surface area (TPSA) is 16.1 Å². The fraction of sp³-hybridized carbons (Fsp3) is 0.214. The molecule has 0 N–H and O–H groups in total. The molecule has 0 saturated heterocycles. The Bertz CT molecular complexity index is 432. The van der Waals surface area contributed by atoms with Crippen molar-refractivity contribution < 1.29 is 0 Å². The van der Waals surface area contributed by atoms with Gasteiger partial charge in [0.15, 0.2) is 0 Å². The third-order valence-electron chi connectivity index (χ3n) is 2.58. The van der Waals surface area contributed by atoms with Crippen molar-refractivity contribution in [3.8, 4) is 0 Å². The van der Waals surface area contributed by atoms with E-state index in [1.165, 1.54) is 16.8 Å². The van der Waals surface area contributed by atoms with Gasteiger partial charge in [0, 0.05) is 32.2 Å². The standard InChI is InChI=1S/C14H16N2/c1-16(2)14-7-5-12(6-8-14)10-13-4-3-9-15-11-13/h3-9,11H,10H2,1-2H3. The van der Waals surface area contributed by atoms with Crippen molar-refractivity contribution in [1.29, 1.82) is 0 Å². The van der Waals surface area contributed by atoms with Crippen molar-refractivity contribution >= 4 is 5.69 Å². The summed E-state index contributed by atoms with van der Waals surface area (Å²) in [5, 5.41) is 0. The molecule has 0 unspecified atom stereocenters. The van der Waals surface area contributed by atoms with Crippen LogP contribution in [0.5, 0.6) is 0 Å². The quantitative estimate of drug-likeness (QED) is 0.777. The maximum absolute atomic E-state index is 4.12. The molecule has 16 heavy (non-hydrogen) atoms. The van der Waals surface area contributed by atoms with E-state index in [-0.39, 0.29) is 0 Å². The summed E-state index contributed by atoms with van der Waals surface area (Å²) in [5.41, 5.74) is 3.80. The zero-order valence-corrected chi connectivity index (χ0v) is 9.72. The van der Waals surface area contributed by atoms with Gasteiger partial charge in [-0.1, -0.05) is 18.2 Å². The average Bonchev–Trinajstić information content (AvgIpc) is 2.31. The fourth-order valence-corrected chi connectivity index (χ4v) is 1.65. The van der Waals surface area contributed by atoms with Crippen LogP contribution in [-0.2, 0) is 6.42 Å². The van der Waals surface area contributed by atoms with Crippen molar-refractivity contribution in [2.24, 2.45) is 0 Å². The Morgan fingerprint density at radius 2 is 1.75 bits per heavy atom. The van der Waals surface area contributed by atoms with Crippen molar-refractivity contribution in [3.63, 3.8) is 0 Å². The molecule has 0 radical (unpaired) electrons. The second-order valence-electron chi connectivity index (χ2n) is 4.10. The first-order valence-corrected chi connectivity index (χ1v) is 5.41. The van der Waals surface area contributed by atoms with Crippen LogP contribution < -0.4 is 4.90 Å². The number of pyridine rings is 1. The molecule has 2 aromatic rings. The average molecular weight is 212 g/mol. The first-order valence-electron chi connectivity index (χ1n) is 5.41. The molecule has 0 fully saturated rings. The first kappa shape index (κ1) is 10.7. The van der Waals surface area contributed by atoms with Gasteiger partial charge in [0.2, 0.25) is 0 Å². The molecule has 1 aromatic carbocycles. The van der Waals surface area contributed by atoms with Crippen LogP contribution in [-0.4, -0.2) is 19.1 Å². The second kappa shape index (κ2) is 4.79. The molecular weight excluding hydrogens is 196 g/mol. The molecule has 82 valence electrons. The zero-order valence-electron chi connectivity index (χ0n) is 9.72. The van der Waals surface area contributed by atoms with Gasteiger partial charge in [-0.05, 0) is 35.7 Å². The lowest BCUT2D eigenvalue weighted by Gasteiger charge is -2.12. The van der Waals surface area contributed by atoms with Crippen LogP contribution >= 0.6 is 0 Å². The van der Waals surface area contributed by atoms with Crippen LogP contribution in [0.3, 0.4) is 0 Å². The number of benzene rings is 1. The highest BCUT2D eigenvalue weighted by atomic mass is 15.1. The molecule has 2 rings (SSSR count). The Morgan fingerprint density at radius 1 is 1.00 bits per heavy atom. The summed E-state index contributed by atoms with van der Waals surface area (Å²) in [6.07, 6.45) is 4.67. The lowest BCUT2D eigenvalue weighted by molar-refractivity contribution is 1.11. The van der Waals surface area contributed by atoms with Crippen molar-refractivity contribution in [2.75, 3.05) is 19.0 Å². The predicted molar refractivity (Wildman–Crippen MR) is 67.8 cm³/mol. The van der Waals surface area contributed by atoms with E-state index < -0.39 is 0 Å². The van der Waals surface area contributed by atoms with E-state index in [1.807, 2.05) is 12.3 Å². The Kier molecular flexibility index (Phi) is 3.20. The van der Waals surface area contributed by atoms with Crippen LogP contribution in [0.25, 0.3) is 0 Å². The molecule has 0 spiro atoms. The highest BCUT2D eigenvalue weighted by Gasteiger charge is 1.97. The summed E-state index contributed by atoms with van der Waals surface area (Å²) in [7, 11) is 4.10. The van der Waals surface area contributed by atoms with E-state index in [9.17, 15) is 0 Å². The highest BCUT2D eigenvalue weighted by molar-refractivity contribution is 5.46. The Hall–Kier alpha value is -1.83. The normalized spacial score (nSPS) is 10.1. The van der Waals surface area contributed by atoms with Crippen molar-refractivity contribution in [1.82, 2.24) is 4.98 Å². The molecule has 1 heterocycles. The molecule has 0 saturated carbocycles. The highest BCUT2D eigenvalue weighted by Crippen LogP contribution is 2.14. The maximum Gasteiger partial charge on any atom is 0.0361 e. The lowest BCUT2D eigenvalue weighted by Crippen LogP contribution is -2.08. The zero-order chi connectivity index (χ0) is 11.4. The maximum atomic E-state index is 4.12. The van der Waals surface area contributed by atoms with Crippen LogP contribution in [0, 0.1) is 0 Å². The van der Waals surface area contributed by atoms with E-state index in [0.717, 1.165) is 6.42 Å². The molecular formula is C14H16N2. The van der Waals surface area contributed by atoms with Gasteiger partial charge in [0.1, 0.15) is 0 Å². The van der Waals surface area contributed by atoms with Gasteiger partial charge < -0.3 is 4.90 Å². The fourth-order valence-electron chi connectivity index (χ4n) is 1.65. The molecule has 1 aromatic heterocycles. The van der Waals surface area contributed by atoms with Gasteiger partial charge in [-0.25, -0.2) is 0 Å². The molecule has 0 aliphatic carbocycles.